The third kappa shape index (κ3) is 3.88. The summed E-state index contributed by atoms with van der Waals surface area (Å²) < 4.78 is 38.6. The van der Waals surface area contributed by atoms with E-state index in [-0.39, 0.29) is 30.4 Å². The molecule has 1 amide bonds. The van der Waals surface area contributed by atoms with Crippen molar-refractivity contribution in [2.75, 3.05) is 13.2 Å². The van der Waals surface area contributed by atoms with Crippen molar-refractivity contribution in [1.82, 2.24) is 5.32 Å². The Morgan fingerprint density at radius 1 is 1.30 bits per heavy atom. The fourth-order valence-electron chi connectivity index (χ4n) is 4.06. The molecule has 3 fully saturated rings. The second kappa shape index (κ2) is 7.62. The minimum atomic E-state index is -1.36. The first-order valence-electron chi connectivity index (χ1n) is 9.00. The van der Waals surface area contributed by atoms with Gasteiger partial charge in [-0.1, -0.05) is 11.6 Å². The van der Waals surface area contributed by atoms with E-state index in [2.05, 4.69) is 5.32 Å². The Morgan fingerprint density at radius 2 is 2.00 bits per heavy atom. The summed E-state index contributed by atoms with van der Waals surface area (Å²) in [6, 6.07) is 3.90. The van der Waals surface area contributed by atoms with E-state index >= 15 is 0 Å². The van der Waals surface area contributed by atoms with E-state index in [1.54, 1.807) is 6.92 Å². The lowest BCUT2D eigenvalue weighted by molar-refractivity contribution is -0.172. The predicted octanol–water partition coefficient (Wildman–Crippen LogP) is 3.58. The third-order valence-corrected chi connectivity index (χ3v) is 5.92. The topological polar surface area (TPSA) is 64.6 Å². The quantitative estimate of drug-likeness (QED) is 0.740. The van der Waals surface area contributed by atoms with E-state index in [0.29, 0.717) is 25.7 Å². The van der Waals surface area contributed by atoms with Crippen LogP contribution in [0.15, 0.2) is 18.2 Å². The molecule has 1 aromatic rings. The maximum atomic E-state index is 14.8. The molecule has 2 bridgehead atoms. The van der Waals surface area contributed by atoms with Crippen LogP contribution in [0, 0.1) is 11.2 Å². The highest BCUT2D eigenvalue weighted by Gasteiger charge is 2.60. The second-order valence-corrected chi connectivity index (χ2v) is 7.65. The van der Waals surface area contributed by atoms with Gasteiger partial charge in [0.2, 0.25) is 0 Å². The van der Waals surface area contributed by atoms with E-state index in [0.717, 1.165) is 6.07 Å². The molecule has 3 aliphatic carbocycles. The maximum Gasteiger partial charge on any atom is 0.315 e. The molecule has 3 saturated carbocycles. The SMILES string of the molecule is CCOC(=O)C12CCC(NC(=O)COc3ccc(Cl)c(F)c3)(CC1)CC2F. The number of esters is 1. The average molecular weight is 402 g/mol. The van der Waals surface area contributed by atoms with Crippen molar-refractivity contribution in [2.24, 2.45) is 5.41 Å². The lowest BCUT2D eigenvalue weighted by Crippen LogP contribution is -2.63. The Bertz CT molecular complexity index is 734. The van der Waals surface area contributed by atoms with Gasteiger partial charge in [0.25, 0.3) is 5.91 Å². The van der Waals surface area contributed by atoms with E-state index in [4.69, 9.17) is 21.1 Å². The molecule has 5 nitrogen and oxygen atoms in total. The van der Waals surface area contributed by atoms with Gasteiger partial charge in [-0.15, -0.1) is 0 Å². The predicted molar refractivity (Wildman–Crippen MR) is 94.8 cm³/mol. The molecule has 0 aliphatic heterocycles. The van der Waals surface area contributed by atoms with Crippen LogP contribution in [-0.2, 0) is 14.3 Å². The first-order valence-corrected chi connectivity index (χ1v) is 9.38. The second-order valence-electron chi connectivity index (χ2n) is 7.24. The Labute approximate surface area is 161 Å². The Kier molecular flexibility index (Phi) is 5.60. The van der Waals surface area contributed by atoms with Gasteiger partial charge in [0.1, 0.15) is 17.7 Å². The zero-order chi connectivity index (χ0) is 19.7. The molecule has 27 heavy (non-hydrogen) atoms. The Morgan fingerprint density at radius 3 is 2.59 bits per heavy atom. The minimum Gasteiger partial charge on any atom is -0.484 e. The lowest BCUT2D eigenvalue weighted by Gasteiger charge is -2.53. The highest BCUT2D eigenvalue weighted by Crippen LogP contribution is 2.54. The summed E-state index contributed by atoms with van der Waals surface area (Å²) in [7, 11) is 0. The third-order valence-electron chi connectivity index (χ3n) is 5.62. The van der Waals surface area contributed by atoms with E-state index < -0.39 is 34.8 Å². The van der Waals surface area contributed by atoms with Crippen LogP contribution in [-0.4, -0.2) is 36.8 Å². The van der Waals surface area contributed by atoms with Crippen molar-refractivity contribution >= 4 is 23.5 Å². The zero-order valence-corrected chi connectivity index (χ0v) is 15.8. The van der Waals surface area contributed by atoms with Crippen LogP contribution >= 0.6 is 11.6 Å². The van der Waals surface area contributed by atoms with E-state index in [9.17, 15) is 18.4 Å². The molecule has 0 aromatic heterocycles. The van der Waals surface area contributed by atoms with Gasteiger partial charge in [0.05, 0.1) is 17.0 Å². The zero-order valence-electron chi connectivity index (χ0n) is 15.0. The van der Waals surface area contributed by atoms with Gasteiger partial charge in [0.15, 0.2) is 6.61 Å². The number of carbonyl (C=O) groups excluding carboxylic acids is 2. The summed E-state index contributed by atoms with van der Waals surface area (Å²) in [5.74, 6) is -1.35. The molecule has 1 aromatic carbocycles. The molecule has 4 rings (SSSR count). The van der Waals surface area contributed by atoms with Crippen LogP contribution in [0.2, 0.25) is 5.02 Å². The molecular weight excluding hydrogens is 380 g/mol. The molecule has 0 radical (unpaired) electrons. The van der Waals surface area contributed by atoms with Gasteiger partial charge < -0.3 is 14.8 Å². The summed E-state index contributed by atoms with van der Waals surface area (Å²) in [6.07, 6.45) is 0.423. The van der Waals surface area contributed by atoms with E-state index in [1.807, 2.05) is 0 Å². The molecule has 8 heteroatoms. The smallest absolute Gasteiger partial charge is 0.315 e. The summed E-state index contributed by atoms with van der Waals surface area (Å²) in [5, 5.41) is 2.83. The molecule has 1 N–H and O–H groups in total. The molecule has 1 atom stereocenters. The van der Waals surface area contributed by atoms with Crippen LogP contribution < -0.4 is 10.1 Å². The highest BCUT2D eigenvalue weighted by molar-refractivity contribution is 6.30. The Balaban J connectivity index is 1.58. The molecule has 0 saturated heterocycles. The van der Waals surface area contributed by atoms with Crippen LogP contribution in [0.4, 0.5) is 8.78 Å². The number of amides is 1. The number of hydrogen-bond acceptors (Lipinski definition) is 4. The van der Waals surface area contributed by atoms with Crippen LogP contribution in [0.3, 0.4) is 0 Å². The number of fused-ring (bicyclic) bond motifs is 3. The highest BCUT2D eigenvalue weighted by atomic mass is 35.5. The summed E-state index contributed by atoms with van der Waals surface area (Å²) in [6.45, 7) is 1.60. The van der Waals surface area contributed by atoms with Crippen LogP contribution in [0.25, 0.3) is 0 Å². The van der Waals surface area contributed by atoms with Crippen LogP contribution in [0.1, 0.15) is 39.0 Å². The van der Waals surface area contributed by atoms with Gasteiger partial charge in [-0.05, 0) is 44.7 Å². The Hall–Kier alpha value is -1.89. The number of rotatable bonds is 6. The fourth-order valence-corrected chi connectivity index (χ4v) is 4.18. The molecule has 3 aliphatic rings. The average Bonchev–Trinajstić information content (AvgIpc) is 2.63. The summed E-state index contributed by atoms with van der Waals surface area (Å²) in [4.78, 5) is 24.5. The number of alkyl halides is 1. The first kappa shape index (κ1) is 19.9. The number of ether oxygens (including phenoxy) is 2. The van der Waals surface area contributed by atoms with Gasteiger partial charge in [-0.3, -0.25) is 9.59 Å². The summed E-state index contributed by atoms with van der Waals surface area (Å²) in [5.41, 5.74) is -1.76. The number of carbonyl (C=O) groups is 2. The number of nitrogens with one attached hydrogen (secondary N) is 1. The number of halogens is 3. The van der Waals surface area contributed by atoms with Crippen molar-refractivity contribution in [1.29, 1.82) is 0 Å². The van der Waals surface area contributed by atoms with Gasteiger partial charge in [0, 0.05) is 18.0 Å². The minimum absolute atomic E-state index is 0.0332. The number of hydrogen-bond donors (Lipinski definition) is 1. The number of benzene rings is 1. The van der Waals surface area contributed by atoms with Crippen molar-refractivity contribution in [3.05, 3.63) is 29.0 Å². The van der Waals surface area contributed by atoms with Crippen molar-refractivity contribution in [3.8, 4) is 5.75 Å². The maximum absolute atomic E-state index is 14.8. The first-order chi connectivity index (χ1) is 12.8. The van der Waals surface area contributed by atoms with E-state index in [1.165, 1.54) is 12.1 Å². The monoisotopic (exact) mass is 401 g/mol. The van der Waals surface area contributed by atoms with Gasteiger partial charge in [-0.25, -0.2) is 8.78 Å². The molecule has 0 heterocycles. The fraction of sp³-hybridized carbons (Fsp3) is 0.579. The van der Waals surface area contributed by atoms with Gasteiger partial charge >= 0.3 is 5.97 Å². The van der Waals surface area contributed by atoms with Gasteiger partial charge in [-0.2, -0.15) is 0 Å². The summed E-state index contributed by atoms with van der Waals surface area (Å²) >= 11 is 5.60. The van der Waals surface area contributed by atoms with Crippen LogP contribution in [0.5, 0.6) is 5.75 Å². The van der Waals surface area contributed by atoms with Crippen molar-refractivity contribution in [2.45, 2.75) is 50.7 Å². The molecule has 1 unspecified atom stereocenters. The normalized spacial score (nSPS) is 29.3. The largest absolute Gasteiger partial charge is 0.484 e. The lowest BCUT2D eigenvalue weighted by atomic mass is 9.56. The van der Waals surface area contributed by atoms with Crippen molar-refractivity contribution in [3.63, 3.8) is 0 Å². The molecular formula is C19H22ClF2NO4. The molecule has 148 valence electrons. The molecule has 0 spiro atoms. The standard InChI is InChI=1S/C19H22ClF2NO4/c1-2-26-17(25)19-7-5-18(6-8-19,10-15(19)22)23-16(24)11-27-12-3-4-13(20)14(21)9-12/h3-4,9,15H,2,5-8,10-11H2,1H3,(H,23,24). The van der Waals surface area contributed by atoms with Crippen molar-refractivity contribution < 1.29 is 27.8 Å².